The first-order chi connectivity index (χ1) is 5.93. The Bertz CT molecular complexity index is 241. The van der Waals surface area contributed by atoms with Gasteiger partial charge in [-0.25, -0.2) is 0 Å². The van der Waals surface area contributed by atoms with Crippen LogP contribution in [0.15, 0.2) is 35.5 Å². The molecule has 0 unspecified atom stereocenters. The van der Waals surface area contributed by atoms with Crippen molar-refractivity contribution in [2.24, 2.45) is 0 Å². The molecule has 0 bridgehead atoms. The zero-order valence-corrected chi connectivity index (χ0v) is 7.94. The molecule has 0 saturated carbocycles. The van der Waals surface area contributed by atoms with Gasteiger partial charge in [0.1, 0.15) is 0 Å². The fraction of sp³-hybridized carbons (Fsp3) is 0.400. The minimum absolute atomic E-state index is 0.241. The van der Waals surface area contributed by atoms with Crippen LogP contribution in [0.3, 0.4) is 0 Å². The second kappa shape index (κ2) is 4.90. The van der Waals surface area contributed by atoms with Crippen LogP contribution in [-0.2, 0) is 0 Å². The van der Waals surface area contributed by atoms with Gasteiger partial charge in [0.15, 0.2) is 0 Å². The van der Waals surface area contributed by atoms with Crippen molar-refractivity contribution in [2.75, 3.05) is 0 Å². The van der Waals surface area contributed by atoms with E-state index in [-0.39, 0.29) is 5.57 Å². The van der Waals surface area contributed by atoms with E-state index < -0.39 is 11.7 Å². The molecule has 0 nitrogen and oxygen atoms in total. The van der Waals surface area contributed by atoms with Crippen LogP contribution in [0.5, 0.6) is 0 Å². The molecule has 3 heteroatoms. The Morgan fingerprint density at radius 1 is 1.15 bits per heavy atom. The summed E-state index contributed by atoms with van der Waals surface area (Å²) in [6.07, 6.45) is 1.21. The maximum Gasteiger partial charge on any atom is 0.416 e. The van der Waals surface area contributed by atoms with Crippen LogP contribution in [0, 0.1) is 0 Å². The van der Waals surface area contributed by atoms with E-state index in [1.165, 1.54) is 19.1 Å². The average molecular weight is 190 g/mol. The van der Waals surface area contributed by atoms with Crippen LogP contribution in [0.4, 0.5) is 13.2 Å². The number of halogens is 3. The van der Waals surface area contributed by atoms with Gasteiger partial charge in [-0.15, -0.1) is 0 Å². The van der Waals surface area contributed by atoms with Crippen LogP contribution in [-0.4, -0.2) is 6.18 Å². The molecule has 13 heavy (non-hydrogen) atoms. The van der Waals surface area contributed by atoms with Gasteiger partial charge in [-0.1, -0.05) is 24.3 Å². The third kappa shape index (κ3) is 3.97. The smallest absolute Gasteiger partial charge is 0.166 e. The average Bonchev–Trinajstić information content (AvgIpc) is 2.02. The summed E-state index contributed by atoms with van der Waals surface area (Å²) in [5.41, 5.74) is -0.348. The summed E-state index contributed by atoms with van der Waals surface area (Å²) in [4.78, 5) is 0. The van der Waals surface area contributed by atoms with E-state index in [1.54, 1.807) is 19.9 Å². The van der Waals surface area contributed by atoms with Gasteiger partial charge in [0.25, 0.3) is 0 Å². The van der Waals surface area contributed by atoms with Crippen molar-refractivity contribution in [3.63, 3.8) is 0 Å². The maximum absolute atomic E-state index is 12.3. The first kappa shape index (κ1) is 12.0. The van der Waals surface area contributed by atoms with Crippen LogP contribution in [0.1, 0.15) is 20.8 Å². The van der Waals surface area contributed by atoms with Crippen molar-refractivity contribution >= 4 is 0 Å². The summed E-state index contributed by atoms with van der Waals surface area (Å²) in [7, 11) is 0. The molecule has 0 aliphatic carbocycles. The van der Waals surface area contributed by atoms with Gasteiger partial charge in [-0.2, -0.15) is 13.2 Å². The molecule has 0 aliphatic rings. The van der Waals surface area contributed by atoms with Crippen LogP contribution in [0.2, 0.25) is 0 Å². The predicted octanol–water partition coefficient (Wildman–Crippen LogP) is 4.02. The molecule has 0 aromatic rings. The van der Waals surface area contributed by atoms with Crippen LogP contribution in [0.25, 0.3) is 0 Å². The third-order valence-electron chi connectivity index (χ3n) is 1.62. The molecule has 0 radical (unpaired) electrons. The van der Waals surface area contributed by atoms with Gasteiger partial charge in [-0.05, 0) is 26.3 Å². The fourth-order valence-electron chi connectivity index (χ4n) is 0.797. The first-order valence-electron chi connectivity index (χ1n) is 3.97. The van der Waals surface area contributed by atoms with Gasteiger partial charge in [0.05, 0.1) is 5.57 Å². The Morgan fingerprint density at radius 2 is 1.69 bits per heavy atom. The molecule has 0 atom stereocenters. The lowest BCUT2D eigenvalue weighted by Gasteiger charge is -2.10. The number of allylic oxidation sites excluding steroid dienone is 6. The molecule has 74 valence electrons. The van der Waals surface area contributed by atoms with Gasteiger partial charge >= 0.3 is 6.18 Å². The lowest BCUT2D eigenvalue weighted by molar-refractivity contribution is -0.0893. The summed E-state index contributed by atoms with van der Waals surface area (Å²) in [6.45, 7) is 4.71. The quantitative estimate of drug-likeness (QED) is 0.577. The van der Waals surface area contributed by atoms with Crippen molar-refractivity contribution in [3.8, 4) is 0 Å². The molecule has 0 spiro atoms. The fourth-order valence-corrected chi connectivity index (χ4v) is 0.797. The molecule has 0 aliphatic heterocycles. The monoisotopic (exact) mass is 190 g/mol. The molecule has 0 aromatic heterocycles. The molecule has 0 aromatic carbocycles. The van der Waals surface area contributed by atoms with E-state index in [1.807, 2.05) is 0 Å². The van der Waals surface area contributed by atoms with Crippen molar-refractivity contribution in [2.45, 2.75) is 26.9 Å². The summed E-state index contributed by atoms with van der Waals surface area (Å²) in [6, 6.07) is 0. The molecule has 0 rings (SSSR count). The second-order valence-electron chi connectivity index (χ2n) is 2.58. The Labute approximate surface area is 76.5 Å². The molecular weight excluding hydrogens is 177 g/mol. The lowest BCUT2D eigenvalue weighted by Crippen LogP contribution is -2.12. The van der Waals surface area contributed by atoms with Crippen molar-refractivity contribution < 1.29 is 13.2 Å². The zero-order valence-electron chi connectivity index (χ0n) is 7.94. The number of rotatable bonds is 2. The van der Waals surface area contributed by atoms with Crippen LogP contribution < -0.4 is 0 Å². The predicted molar refractivity (Wildman–Crippen MR) is 48.4 cm³/mol. The normalized spacial score (nSPS) is 15.5. The van der Waals surface area contributed by atoms with E-state index in [9.17, 15) is 13.2 Å². The standard InChI is InChI=1S/C10H13F3/c1-4-6-7-9(8(3)5-2)10(11,12)13/h4-7H,1-3H3/b6-4-,8-5-,9-7+. The van der Waals surface area contributed by atoms with Gasteiger partial charge in [0.2, 0.25) is 0 Å². The van der Waals surface area contributed by atoms with E-state index in [4.69, 9.17) is 0 Å². The maximum atomic E-state index is 12.3. The minimum Gasteiger partial charge on any atom is -0.166 e. The molecule has 0 amide bonds. The molecule has 0 N–H and O–H groups in total. The lowest BCUT2D eigenvalue weighted by atomic mass is 10.1. The SMILES string of the molecule is C\C=C/C=C(\C(C)=C/C)C(F)(F)F. The van der Waals surface area contributed by atoms with Crippen molar-refractivity contribution in [1.29, 1.82) is 0 Å². The summed E-state index contributed by atoms with van der Waals surface area (Å²) >= 11 is 0. The van der Waals surface area contributed by atoms with Crippen molar-refractivity contribution in [1.82, 2.24) is 0 Å². The highest BCUT2D eigenvalue weighted by Gasteiger charge is 2.33. The van der Waals surface area contributed by atoms with Gasteiger partial charge in [-0.3, -0.25) is 0 Å². The van der Waals surface area contributed by atoms with E-state index in [0.29, 0.717) is 0 Å². The van der Waals surface area contributed by atoms with E-state index in [2.05, 4.69) is 0 Å². The highest BCUT2D eigenvalue weighted by Crippen LogP contribution is 2.30. The Hall–Kier alpha value is -0.990. The zero-order chi connectivity index (χ0) is 10.5. The molecular formula is C10H13F3. The minimum atomic E-state index is -4.27. The Morgan fingerprint density at radius 3 is 2.00 bits per heavy atom. The number of hydrogen-bond donors (Lipinski definition) is 0. The Balaban J connectivity index is 4.99. The molecule has 0 heterocycles. The first-order valence-corrected chi connectivity index (χ1v) is 3.97. The van der Waals surface area contributed by atoms with Gasteiger partial charge < -0.3 is 0 Å². The number of alkyl halides is 3. The third-order valence-corrected chi connectivity index (χ3v) is 1.62. The highest BCUT2D eigenvalue weighted by atomic mass is 19.4. The molecule has 0 saturated heterocycles. The topological polar surface area (TPSA) is 0 Å². The molecule has 0 fully saturated rings. The largest absolute Gasteiger partial charge is 0.416 e. The summed E-state index contributed by atoms with van der Waals surface area (Å²) < 4.78 is 37.0. The van der Waals surface area contributed by atoms with E-state index in [0.717, 1.165) is 6.08 Å². The van der Waals surface area contributed by atoms with Crippen molar-refractivity contribution in [3.05, 3.63) is 35.5 Å². The van der Waals surface area contributed by atoms with E-state index >= 15 is 0 Å². The summed E-state index contributed by atoms with van der Waals surface area (Å²) in [5, 5.41) is 0. The number of hydrogen-bond acceptors (Lipinski definition) is 0. The Kier molecular flexibility index (Phi) is 4.52. The summed E-state index contributed by atoms with van der Waals surface area (Å²) in [5.74, 6) is 0. The van der Waals surface area contributed by atoms with Gasteiger partial charge in [0, 0.05) is 0 Å². The highest BCUT2D eigenvalue weighted by molar-refractivity contribution is 5.35. The van der Waals surface area contributed by atoms with Crippen LogP contribution >= 0.6 is 0 Å². The second-order valence-corrected chi connectivity index (χ2v) is 2.58.